The first kappa shape index (κ1) is 16.6. The molecule has 0 atom stereocenters. The summed E-state index contributed by atoms with van der Waals surface area (Å²) in [5.74, 6) is 1.07. The molecule has 5 nitrogen and oxygen atoms in total. The molecular weight excluding hydrogens is 278 g/mol. The minimum Gasteiger partial charge on any atom is -0.495 e. The van der Waals surface area contributed by atoms with E-state index in [1.807, 2.05) is 4.90 Å². The van der Waals surface area contributed by atoms with Gasteiger partial charge in [-0.2, -0.15) is 0 Å². The van der Waals surface area contributed by atoms with Gasteiger partial charge in [-0.1, -0.05) is 13.0 Å². The molecule has 1 amide bonds. The van der Waals surface area contributed by atoms with Gasteiger partial charge in [0, 0.05) is 39.6 Å². The van der Waals surface area contributed by atoms with Gasteiger partial charge in [0.2, 0.25) is 5.91 Å². The van der Waals surface area contributed by atoms with Crippen molar-refractivity contribution in [3.63, 3.8) is 0 Å². The Morgan fingerprint density at radius 2 is 2.00 bits per heavy atom. The summed E-state index contributed by atoms with van der Waals surface area (Å²) in [6, 6.07) is 6.39. The van der Waals surface area contributed by atoms with E-state index in [0.717, 1.165) is 57.1 Å². The molecule has 0 spiro atoms. The number of carbonyl (C=O) groups excluding carboxylic acids is 1. The van der Waals surface area contributed by atoms with Crippen LogP contribution in [-0.4, -0.2) is 50.6 Å². The Labute approximate surface area is 133 Å². The third kappa shape index (κ3) is 4.13. The molecule has 1 heterocycles. The third-order valence-electron chi connectivity index (χ3n) is 4.07. The van der Waals surface area contributed by atoms with Crippen molar-refractivity contribution in [1.29, 1.82) is 0 Å². The van der Waals surface area contributed by atoms with Gasteiger partial charge < -0.3 is 19.9 Å². The quantitative estimate of drug-likeness (QED) is 0.815. The molecule has 22 heavy (non-hydrogen) atoms. The normalized spacial score (nSPS) is 15.0. The van der Waals surface area contributed by atoms with E-state index >= 15 is 0 Å². The van der Waals surface area contributed by atoms with Crippen LogP contribution in [0.5, 0.6) is 5.75 Å². The molecule has 0 aliphatic carbocycles. The lowest BCUT2D eigenvalue weighted by atomic mass is 10.1. The van der Waals surface area contributed by atoms with Crippen LogP contribution in [0.2, 0.25) is 0 Å². The van der Waals surface area contributed by atoms with Gasteiger partial charge in [0.05, 0.1) is 12.8 Å². The predicted molar refractivity (Wildman–Crippen MR) is 89.5 cm³/mol. The molecule has 0 bridgehead atoms. The second-order valence-electron chi connectivity index (χ2n) is 5.68. The first-order chi connectivity index (χ1) is 10.7. The molecule has 0 aromatic heterocycles. The van der Waals surface area contributed by atoms with Crippen LogP contribution in [-0.2, 0) is 11.3 Å². The van der Waals surface area contributed by atoms with Crippen molar-refractivity contribution in [3.05, 3.63) is 23.8 Å². The Balaban J connectivity index is 2.03. The second-order valence-corrected chi connectivity index (χ2v) is 5.68. The highest BCUT2D eigenvalue weighted by atomic mass is 16.5. The van der Waals surface area contributed by atoms with Crippen LogP contribution in [0.25, 0.3) is 0 Å². The minimum absolute atomic E-state index is 0.156. The van der Waals surface area contributed by atoms with E-state index in [1.54, 1.807) is 14.0 Å². The van der Waals surface area contributed by atoms with Crippen molar-refractivity contribution in [2.24, 2.45) is 0 Å². The number of hydrogen-bond donors (Lipinski definition) is 1. The SMILES string of the molecule is CCCNCc1ccc(N2CCN(C(C)=O)CC2)c(OC)c1. The van der Waals surface area contributed by atoms with Crippen LogP contribution in [0.3, 0.4) is 0 Å². The summed E-state index contributed by atoms with van der Waals surface area (Å²) in [5, 5.41) is 3.41. The number of ether oxygens (including phenoxy) is 1. The molecule has 1 aromatic carbocycles. The van der Waals surface area contributed by atoms with Gasteiger partial charge in [0.25, 0.3) is 0 Å². The van der Waals surface area contributed by atoms with Crippen molar-refractivity contribution < 1.29 is 9.53 Å². The number of hydrogen-bond acceptors (Lipinski definition) is 4. The molecule has 0 saturated carbocycles. The van der Waals surface area contributed by atoms with Gasteiger partial charge in [0.15, 0.2) is 0 Å². The van der Waals surface area contributed by atoms with Crippen LogP contribution in [0.4, 0.5) is 5.69 Å². The zero-order chi connectivity index (χ0) is 15.9. The summed E-state index contributed by atoms with van der Waals surface area (Å²) in [4.78, 5) is 15.6. The number of amides is 1. The van der Waals surface area contributed by atoms with Gasteiger partial charge in [0.1, 0.15) is 5.75 Å². The van der Waals surface area contributed by atoms with Crippen molar-refractivity contribution in [2.75, 3.05) is 44.7 Å². The summed E-state index contributed by atoms with van der Waals surface area (Å²) >= 11 is 0. The van der Waals surface area contributed by atoms with Crippen molar-refractivity contribution in [2.45, 2.75) is 26.8 Å². The molecule has 0 unspecified atom stereocenters. The van der Waals surface area contributed by atoms with Gasteiger partial charge in [-0.25, -0.2) is 0 Å². The molecule has 5 heteroatoms. The summed E-state index contributed by atoms with van der Waals surface area (Å²) in [6.07, 6.45) is 1.13. The topological polar surface area (TPSA) is 44.8 Å². The average molecular weight is 305 g/mol. The van der Waals surface area contributed by atoms with E-state index in [-0.39, 0.29) is 5.91 Å². The second kappa shape index (κ2) is 8.03. The van der Waals surface area contributed by atoms with Crippen LogP contribution >= 0.6 is 0 Å². The Kier molecular flexibility index (Phi) is 6.07. The first-order valence-corrected chi connectivity index (χ1v) is 8.03. The first-order valence-electron chi connectivity index (χ1n) is 8.03. The predicted octanol–water partition coefficient (Wildman–Crippen LogP) is 1.86. The van der Waals surface area contributed by atoms with Crippen molar-refractivity contribution >= 4 is 11.6 Å². The lowest BCUT2D eigenvalue weighted by molar-refractivity contribution is -0.129. The number of rotatable bonds is 6. The lowest BCUT2D eigenvalue weighted by Crippen LogP contribution is -2.48. The molecule has 1 aliphatic heterocycles. The van der Waals surface area contributed by atoms with Crippen LogP contribution in [0.15, 0.2) is 18.2 Å². The number of nitrogens with zero attached hydrogens (tertiary/aromatic N) is 2. The van der Waals surface area contributed by atoms with Crippen LogP contribution in [0, 0.1) is 0 Å². The fourth-order valence-electron chi connectivity index (χ4n) is 2.76. The number of anilines is 1. The Morgan fingerprint density at radius 3 is 2.59 bits per heavy atom. The van der Waals surface area contributed by atoms with E-state index < -0.39 is 0 Å². The summed E-state index contributed by atoms with van der Waals surface area (Å²) < 4.78 is 5.57. The molecule has 1 aromatic rings. The molecular formula is C17H27N3O2. The highest BCUT2D eigenvalue weighted by Crippen LogP contribution is 2.30. The molecule has 2 rings (SSSR count). The van der Waals surface area contributed by atoms with Gasteiger partial charge in [-0.3, -0.25) is 4.79 Å². The van der Waals surface area contributed by atoms with E-state index in [0.29, 0.717) is 0 Å². The van der Waals surface area contributed by atoms with E-state index in [1.165, 1.54) is 5.56 Å². The number of nitrogens with one attached hydrogen (secondary N) is 1. The minimum atomic E-state index is 0.156. The van der Waals surface area contributed by atoms with Crippen molar-refractivity contribution in [3.8, 4) is 5.75 Å². The maximum absolute atomic E-state index is 11.4. The molecule has 1 saturated heterocycles. The van der Waals surface area contributed by atoms with Gasteiger partial charge in [-0.05, 0) is 30.7 Å². The monoisotopic (exact) mass is 305 g/mol. The fourth-order valence-corrected chi connectivity index (χ4v) is 2.76. The van der Waals surface area contributed by atoms with Crippen LogP contribution < -0.4 is 15.0 Å². The third-order valence-corrected chi connectivity index (χ3v) is 4.07. The highest BCUT2D eigenvalue weighted by molar-refractivity contribution is 5.73. The largest absolute Gasteiger partial charge is 0.495 e. The Morgan fingerprint density at radius 1 is 1.27 bits per heavy atom. The number of benzene rings is 1. The number of methoxy groups -OCH3 is 1. The lowest BCUT2D eigenvalue weighted by Gasteiger charge is -2.36. The number of carbonyl (C=O) groups is 1. The fraction of sp³-hybridized carbons (Fsp3) is 0.588. The zero-order valence-corrected chi connectivity index (χ0v) is 13.9. The van der Waals surface area contributed by atoms with Crippen LogP contribution in [0.1, 0.15) is 25.8 Å². The van der Waals surface area contributed by atoms with E-state index in [4.69, 9.17) is 4.74 Å². The summed E-state index contributed by atoms with van der Waals surface area (Å²) in [7, 11) is 1.72. The van der Waals surface area contributed by atoms with Gasteiger partial charge in [-0.15, -0.1) is 0 Å². The molecule has 1 N–H and O–H groups in total. The Bertz CT molecular complexity index is 497. The maximum Gasteiger partial charge on any atom is 0.219 e. The highest BCUT2D eigenvalue weighted by Gasteiger charge is 2.21. The molecule has 1 fully saturated rings. The molecule has 0 radical (unpaired) electrons. The standard InChI is InChI=1S/C17H27N3O2/c1-4-7-18-13-15-5-6-16(17(12-15)22-3)20-10-8-19(9-11-20)14(2)21/h5-6,12,18H,4,7-11,13H2,1-3H3. The molecule has 122 valence electrons. The van der Waals surface area contributed by atoms with Crippen molar-refractivity contribution in [1.82, 2.24) is 10.2 Å². The zero-order valence-electron chi connectivity index (χ0n) is 13.9. The Hall–Kier alpha value is -1.75. The van der Waals surface area contributed by atoms with Gasteiger partial charge >= 0.3 is 0 Å². The summed E-state index contributed by atoms with van der Waals surface area (Å²) in [6.45, 7) is 8.94. The molecule has 1 aliphatic rings. The smallest absolute Gasteiger partial charge is 0.219 e. The maximum atomic E-state index is 11.4. The number of piperazine rings is 1. The van der Waals surface area contributed by atoms with E-state index in [9.17, 15) is 4.79 Å². The summed E-state index contributed by atoms with van der Waals surface area (Å²) in [5.41, 5.74) is 2.35. The van der Waals surface area contributed by atoms with E-state index in [2.05, 4.69) is 35.3 Å². The average Bonchev–Trinajstić information content (AvgIpc) is 2.55.